The molecule has 96 valence electrons. The van der Waals surface area contributed by atoms with Crippen LogP contribution in [0.25, 0.3) is 0 Å². The first-order valence-corrected chi connectivity index (χ1v) is 6.78. The lowest BCUT2D eigenvalue weighted by molar-refractivity contribution is 0.473. The van der Waals surface area contributed by atoms with Gasteiger partial charge >= 0.3 is 0 Å². The molecule has 2 nitrogen and oxygen atoms in total. The largest absolute Gasteiger partial charge is 0.398 e. The van der Waals surface area contributed by atoms with Crippen molar-refractivity contribution in [3.05, 3.63) is 23.8 Å². The SMILES string of the molecule is CCCCC(CC)CNc1cccc(N)c1C. The fourth-order valence-electron chi connectivity index (χ4n) is 2.04. The zero-order valence-electron chi connectivity index (χ0n) is 11.4. The third kappa shape index (κ3) is 4.29. The molecule has 0 amide bonds. The van der Waals surface area contributed by atoms with Gasteiger partial charge in [-0.2, -0.15) is 0 Å². The third-order valence-electron chi connectivity index (χ3n) is 3.50. The molecular weight excluding hydrogens is 208 g/mol. The van der Waals surface area contributed by atoms with E-state index in [2.05, 4.69) is 32.2 Å². The molecule has 3 N–H and O–H groups in total. The van der Waals surface area contributed by atoms with Gasteiger partial charge in [0, 0.05) is 17.9 Å². The molecule has 0 aliphatic heterocycles. The molecule has 0 heterocycles. The summed E-state index contributed by atoms with van der Waals surface area (Å²) in [6, 6.07) is 6.07. The van der Waals surface area contributed by atoms with Crippen molar-refractivity contribution in [2.75, 3.05) is 17.6 Å². The number of rotatable bonds is 7. The summed E-state index contributed by atoms with van der Waals surface area (Å²) in [5.41, 5.74) is 9.12. The molecular formula is C15H26N2. The minimum Gasteiger partial charge on any atom is -0.398 e. The number of benzene rings is 1. The van der Waals surface area contributed by atoms with Gasteiger partial charge in [0.1, 0.15) is 0 Å². The highest BCUT2D eigenvalue weighted by atomic mass is 14.9. The van der Waals surface area contributed by atoms with Crippen molar-refractivity contribution >= 4 is 11.4 Å². The predicted molar refractivity (Wildman–Crippen MR) is 77.4 cm³/mol. The van der Waals surface area contributed by atoms with Gasteiger partial charge in [0.05, 0.1) is 0 Å². The van der Waals surface area contributed by atoms with Crippen molar-refractivity contribution in [2.45, 2.75) is 46.5 Å². The second-order valence-electron chi connectivity index (χ2n) is 4.82. The first-order chi connectivity index (χ1) is 8.19. The fourth-order valence-corrected chi connectivity index (χ4v) is 2.04. The Morgan fingerprint density at radius 1 is 1.29 bits per heavy atom. The number of nitrogen functional groups attached to an aromatic ring is 1. The highest BCUT2D eigenvalue weighted by molar-refractivity contribution is 5.62. The van der Waals surface area contributed by atoms with Crippen LogP contribution in [-0.4, -0.2) is 6.54 Å². The van der Waals surface area contributed by atoms with E-state index >= 15 is 0 Å². The van der Waals surface area contributed by atoms with Crippen LogP contribution in [0.1, 0.15) is 45.1 Å². The van der Waals surface area contributed by atoms with E-state index in [4.69, 9.17) is 5.73 Å². The summed E-state index contributed by atoms with van der Waals surface area (Å²) in [6.45, 7) is 7.65. The van der Waals surface area contributed by atoms with Gasteiger partial charge in [0.15, 0.2) is 0 Å². The maximum absolute atomic E-state index is 5.90. The van der Waals surface area contributed by atoms with Crippen LogP contribution in [0.2, 0.25) is 0 Å². The average Bonchev–Trinajstić information content (AvgIpc) is 2.34. The number of nitrogens with two attached hydrogens (primary N) is 1. The predicted octanol–water partition coefficient (Wildman–Crippen LogP) is 4.21. The molecule has 0 spiro atoms. The minimum absolute atomic E-state index is 0.774. The topological polar surface area (TPSA) is 38.0 Å². The number of hydrogen-bond acceptors (Lipinski definition) is 2. The van der Waals surface area contributed by atoms with Crippen molar-refractivity contribution in [1.82, 2.24) is 0 Å². The Bertz CT molecular complexity index is 334. The maximum atomic E-state index is 5.90. The second kappa shape index (κ2) is 7.21. The molecule has 0 saturated carbocycles. The fraction of sp³-hybridized carbons (Fsp3) is 0.600. The van der Waals surface area contributed by atoms with E-state index in [1.165, 1.54) is 31.4 Å². The molecule has 1 aromatic rings. The van der Waals surface area contributed by atoms with Crippen LogP contribution in [0, 0.1) is 12.8 Å². The molecule has 2 heteroatoms. The van der Waals surface area contributed by atoms with E-state index in [-0.39, 0.29) is 0 Å². The zero-order chi connectivity index (χ0) is 12.7. The second-order valence-corrected chi connectivity index (χ2v) is 4.82. The van der Waals surface area contributed by atoms with Crippen LogP contribution < -0.4 is 11.1 Å². The van der Waals surface area contributed by atoms with Gasteiger partial charge in [-0.1, -0.05) is 39.2 Å². The minimum atomic E-state index is 0.774. The van der Waals surface area contributed by atoms with Crippen LogP contribution in [-0.2, 0) is 0 Å². The van der Waals surface area contributed by atoms with Crippen molar-refractivity contribution < 1.29 is 0 Å². The Hall–Kier alpha value is -1.18. The van der Waals surface area contributed by atoms with Crippen LogP contribution in [0.15, 0.2) is 18.2 Å². The smallest absolute Gasteiger partial charge is 0.0390 e. The van der Waals surface area contributed by atoms with E-state index in [0.717, 1.165) is 23.7 Å². The van der Waals surface area contributed by atoms with E-state index in [0.29, 0.717) is 0 Å². The number of nitrogens with one attached hydrogen (secondary N) is 1. The van der Waals surface area contributed by atoms with Gasteiger partial charge in [-0.05, 0) is 37.0 Å². The zero-order valence-corrected chi connectivity index (χ0v) is 11.4. The van der Waals surface area contributed by atoms with E-state index in [1.54, 1.807) is 0 Å². The molecule has 0 aliphatic carbocycles. The molecule has 1 aromatic carbocycles. The Labute approximate surface area is 106 Å². The summed E-state index contributed by atoms with van der Waals surface area (Å²) in [7, 11) is 0. The first kappa shape index (κ1) is 13.9. The summed E-state index contributed by atoms with van der Waals surface area (Å²) in [5.74, 6) is 0.774. The lowest BCUT2D eigenvalue weighted by atomic mass is 9.99. The Morgan fingerprint density at radius 3 is 2.71 bits per heavy atom. The molecule has 0 aliphatic rings. The summed E-state index contributed by atoms with van der Waals surface area (Å²) in [5, 5.41) is 3.53. The normalized spacial score (nSPS) is 12.4. The molecule has 1 atom stereocenters. The van der Waals surface area contributed by atoms with E-state index in [1.807, 2.05) is 12.1 Å². The maximum Gasteiger partial charge on any atom is 0.0390 e. The molecule has 1 rings (SSSR count). The van der Waals surface area contributed by atoms with E-state index in [9.17, 15) is 0 Å². The van der Waals surface area contributed by atoms with Gasteiger partial charge in [0.25, 0.3) is 0 Å². The molecule has 1 unspecified atom stereocenters. The van der Waals surface area contributed by atoms with Gasteiger partial charge in [-0.25, -0.2) is 0 Å². The molecule has 0 aromatic heterocycles. The third-order valence-corrected chi connectivity index (χ3v) is 3.50. The highest BCUT2D eigenvalue weighted by Gasteiger charge is 2.07. The standard InChI is InChI=1S/C15H26N2/c1-4-6-8-13(5-2)11-17-15-10-7-9-14(16)12(15)3/h7,9-10,13,17H,4-6,8,11,16H2,1-3H3. The summed E-state index contributed by atoms with van der Waals surface area (Å²) >= 11 is 0. The average molecular weight is 234 g/mol. The quantitative estimate of drug-likeness (QED) is 0.694. The van der Waals surface area contributed by atoms with Crippen LogP contribution in [0.5, 0.6) is 0 Å². The van der Waals surface area contributed by atoms with Crippen molar-refractivity contribution in [2.24, 2.45) is 5.92 Å². The summed E-state index contributed by atoms with van der Waals surface area (Å²) in [6.07, 6.45) is 5.18. The lowest BCUT2D eigenvalue weighted by Crippen LogP contribution is -2.14. The van der Waals surface area contributed by atoms with Crippen LogP contribution in [0.3, 0.4) is 0 Å². The van der Waals surface area contributed by atoms with Gasteiger partial charge in [0.2, 0.25) is 0 Å². The van der Waals surface area contributed by atoms with Crippen LogP contribution >= 0.6 is 0 Å². The summed E-state index contributed by atoms with van der Waals surface area (Å²) in [4.78, 5) is 0. The molecule has 0 radical (unpaired) electrons. The van der Waals surface area contributed by atoms with E-state index < -0.39 is 0 Å². The van der Waals surface area contributed by atoms with Gasteiger partial charge < -0.3 is 11.1 Å². The Morgan fingerprint density at radius 2 is 2.06 bits per heavy atom. The molecule has 0 fully saturated rings. The first-order valence-electron chi connectivity index (χ1n) is 6.78. The van der Waals surface area contributed by atoms with Crippen molar-refractivity contribution in [3.63, 3.8) is 0 Å². The van der Waals surface area contributed by atoms with Crippen molar-refractivity contribution in [1.29, 1.82) is 0 Å². The number of hydrogen-bond donors (Lipinski definition) is 2. The molecule has 0 saturated heterocycles. The number of unbranched alkanes of at least 4 members (excludes halogenated alkanes) is 1. The van der Waals surface area contributed by atoms with Crippen LogP contribution in [0.4, 0.5) is 11.4 Å². The van der Waals surface area contributed by atoms with Crippen molar-refractivity contribution in [3.8, 4) is 0 Å². The lowest BCUT2D eigenvalue weighted by Gasteiger charge is -2.17. The molecule has 0 bridgehead atoms. The summed E-state index contributed by atoms with van der Waals surface area (Å²) < 4.78 is 0. The molecule has 17 heavy (non-hydrogen) atoms. The Balaban J connectivity index is 2.50. The highest BCUT2D eigenvalue weighted by Crippen LogP contribution is 2.21. The van der Waals surface area contributed by atoms with Gasteiger partial charge in [-0.15, -0.1) is 0 Å². The van der Waals surface area contributed by atoms with Gasteiger partial charge in [-0.3, -0.25) is 0 Å². The number of anilines is 2. The monoisotopic (exact) mass is 234 g/mol. The Kier molecular flexibility index (Phi) is 5.88.